The molecule has 0 aromatic heterocycles. The predicted octanol–water partition coefficient (Wildman–Crippen LogP) is 2.11. The SMILES string of the molecule is CC(=O)[C@@H](CC(C)(C)OC(N)=O)C(C)C. The van der Waals surface area contributed by atoms with E-state index in [1.807, 2.05) is 13.8 Å². The molecule has 0 rings (SSSR count). The van der Waals surface area contributed by atoms with Crippen molar-refractivity contribution in [2.45, 2.75) is 46.6 Å². The Balaban J connectivity index is 4.52. The lowest BCUT2D eigenvalue weighted by atomic mass is 9.83. The number of primary amides is 1. The van der Waals surface area contributed by atoms with Crippen molar-refractivity contribution in [3.63, 3.8) is 0 Å². The molecule has 15 heavy (non-hydrogen) atoms. The van der Waals surface area contributed by atoms with Gasteiger partial charge >= 0.3 is 6.09 Å². The number of carbonyl (C=O) groups is 2. The molecule has 0 aliphatic carbocycles. The maximum atomic E-state index is 11.4. The molecule has 0 unspecified atom stereocenters. The Morgan fingerprint density at radius 1 is 1.33 bits per heavy atom. The van der Waals surface area contributed by atoms with Gasteiger partial charge in [0.15, 0.2) is 0 Å². The van der Waals surface area contributed by atoms with Gasteiger partial charge in [-0.1, -0.05) is 13.8 Å². The smallest absolute Gasteiger partial charge is 0.405 e. The van der Waals surface area contributed by atoms with Gasteiger partial charge in [0.1, 0.15) is 11.4 Å². The first-order valence-electron chi connectivity index (χ1n) is 5.14. The molecule has 0 bridgehead atoms. The minimum absolute atomic E-state index is 0.0978. The van der Waals surface area contributed by atoms with Crippen LogP contribution in [0.15, 0.2) is 0 Å². The molecule has 1 atom stereocenters. The van der Waals surface area contributed by atoms with Crippen molar-refractivity contribution in [1.29, 1.82) is 0 Å². The van der Waals surface area contributed by atoms with Crippen LogP contribution in [-0.2, 0) is 9.53 Å². The maximum Gasteiger partial charge on any atom is 0.405 e. The second-order valence-electron chi connectivity index (χ2n) is 4.85. The number of amides is 1. The van der Waals surface area contributed by atoms with E-state index in [1.165, 1.54) is 0 Å². The highest BCUT2D eigenvalue weighted by Gasteiger charge is 2.30. The zero-order chi connectivity index (χ0) is 12.2. The molecule has 0 aromatic carbocycles. The van der Waals surface area contributed by atoms with Gasteiger partial charge < -0.3 is 10.5 Å². The van der Waals surface area contributed by atoms with Gasteiger partial charge in [0, 0.05) is 5.92 Å². The van der Waals surface area contributed by atoms with Gasteiger partial charge in [-0.05, 0) is 33.1 Å². The van der Waals surface area contributed by atoms with Crippen LogP contribution in [0.25, 0.3) is 0 Å². The van der Waals surface area contributed by atoms with Gasteiger partial charge in [-0.3, -0.25) is 4.79 Å². The molecular weight excluding hydrogens is 194 g/mol. The summed E-state index contributed by atoms with van der Waals surface area (Å²) in [6, 6.07) is 0. The normalized spacial score (nSPS) is 13.7. The summed E-state index contributed by atoms with van der Waals surface area (Å²) in [5.41, 5.74) is 4.27. The van der Waals surface area contributed by atoms with Crippen LogP contribution in [0.4, 0.5) is 4.79 Å². The molecule has 0 heterocycles. The van der Waals surface area contributed by atoms with E-state index >= 15 is 0 Å². The summed E-state index contributed by atoms with van der Waals surface area (Å²) >= 11 is 0. The number of carbonyl (C=O) groups excluding carboxylic acids is 2. The molecular formula is C11H21NO3. The fourth-order valence-corrected chi connectivity index (χ4v) is 1.69. The molecule has 1 amide bonds. The van der Waals surface area contributed by atoms with Gasteiger partial charge in [-0.25, -0.2) is 4.79 Å². The lowest BCUT2D eigenvalue weighted by Crippen LogP contribution is -2.36. The molecule has 0 radical (unpaired) electrons. The summed E-state index contributed by atoms with van der Waals surface area (Å²) in [5, 5.41) is 0. The van der Waals surface area contributed by atoms with Gasteiger partial charge in [-0.2, -0.15) is 0 Å². The molecule has 4 heteroatoms. The van der Waals surface area contributed by atoms with Crippen molar-refractivity contribution in [3.8, 4) is 0 Å². The Morgan fingerprint density at radius 2 is 1.80 bits per heavy atom. The number of hydrogen-bond donors (Lipinski definition) is 1. The van der Waals surface area contributed by atoms with Crippen molar-refractivity contribution in [2.75, 3.05) is 0 Å². The fraction of sp³-hybridized carbons (Fsp3) is 0.818. The van der Waals surface area contributed by atoms with Crippen LogP contribution in [0, 0.1) is 11.8 Å². The summed E-state index contributed by atoms with van der Waals surface area (Å²) in [7, 11) is 0. The second-order valence-corrected chi connectivity index (χ2v) is 4.85. The van der Waals surface area contributed by atoms with Gasteiger partial charge in [0.2, 0.25) is 0 Å². The minimum Gasteiger partial charge on any atom is -0.444 e. The summed E-state index contributed by atoms with van der Waals surface area (Å²) in [6.45, 7) is 9.04. The lowest BCUT2D eigenvalue weighted by Gasteiger charge is -2.29. The van der Waals surface area contributed by atoms with Crippen LogP contribution in [0.3, 0.4) is 0 Å². The number of Topliss-reactive ketones (excluding diaryl/α,β-unsaturated/α-hetero) is 1. The van der Waals surface area contributed by atoms with Crippen molar-refractivity contribution in [2.24, 2.45) is 17.6 Å². The van der Waals surface area contributed by atoms with E-state index in [-0.39, 0.29) is 17.6 Å². The Bertz CT molecular complexity index is 246. The van der Waals surface area contributed by atoms with Crippen LogP contribution in [0.1, 0.15) is 41.0 Å². The average molecular weight is 215 g/mol. The summed E-state index contributed by atoms with van der Waals surface area (Å²) in [6.07, 6.45) is -0.297. The first-order chi connectivity index (χ1) is 6.65. The monoisotopic (exact) mass is 215 g/mol. The molecule has 4 nitrogen and oxygen atoms in total. The van der Waals surface area contributed by atoms with Crippen molar-refractivity contribution >= 4 is 11.9 Å². The van der Waals surface area contributed by atoms with E-state index < -0.39 is 11.7 Å². The van der Waals surface area contributed by atoms with Crippen LogP contribution >= 0.6 is 0 Å². The summed E-state index contributed by atoms with van der Waals surface area (Å²) < 4.78 is 4.96. The topological polar surface area (TPSA) is 69.4 Å². The Hall–Kier alpha value is -1.06. The molecule has 0 aliphatic heterocycles. The predicted molar refractivity (Wildman–Crippen MR) is 58.4 cm³/mol. The molecule has 0 spiro atoms. The van der Waals surface area contributed by atoms with E-state index in [0.29, 0.717) is 6.42 Å². The van der Waals surface area contributed by atoms with E-state index in [9.17, 15) is 9.59 Å². The van der Waals surface area contributed by atoms with Gasteiger partial charge in [0.05, 0.1) is 0 Å². The highest BCUT2D eigenvalue weighted by molar-refractivity contribution is 5.78. The van der Waals surface area contributed by atoms with Crippen molar-refractivity contribution < 1.29 is 14.3 Å². The van der Waals surface area contributed by atoms with Crippen molar-refractivity contribution in [3.05, 3.63) is 0 Å². The minimum atomic E-state index is -0.800. The molecule has 0 fully saturated rings. The molecule has 0 saturated carbocycles. The lowest BCUT2D eigenvalue weighted by molar-refractivity contribution is -0.124. The van der Waals surface area contributed by atoms with Crippen molar-refractivity contribution in [1.82, 2.24) is 0 Å². The number of nitrogens with two attached hydrogens (primary N) is 1. The average Bonchev–Trinajstić information content (AvgIpc) is 1.96. The molecule has 2 N–H and O–H groups in total. The fourth-order valence-electron chi connectivity index (χ4n) is 1.69. The first-order valence-corrected chi connectivity index (χ1v) is 5.14. The van der Waals surface area contributed by atoms with Crippen LogP contribution in [0.2, 0.25) is 0 Å². The third-order valence-electron chi connectivity index (χ3n) is 2.42. The van der Waals surface area contributed by atoms with Gasteiger partial charge in [-0.15, -0.1) is 0 Å². The standard InChI is InChI=1S/C11H21NO3/c1-7(2)9(8(3)13)6-11(4,5)15-10(12)14/h7,9H,6H2,1-5H3,(H2,12,14)/t9-/m0/s1. The maximum absolute atomic E-state index is 11.4. The Labute approximate surface area is 91.2 Å². The highest BCUT2D eigenvalue weighted by Crippen LogP contribution is 2.26. The summed E-state index contributed by atoms with van der Waals surface area (Å²) in [4.78, 5) is 22.0. The van der Waals surface area contributed by atoms with E-state index in [0.717, 1.165) is 0 Å². The van der Waals surface area contributed by atoms with Crippen LogP contribution in [0.5, 0.6) is 0 Å². The third-order valence-corrected chi connectivity index (χ3v) is 2.42. The molecule has 0 aromatic rings. The van der Waals surface area contributed by atoms with Crippen LogP contribution in [-0.4, -0.2) is 17.5 Å². The highest BCUT2D eigenvalue weighted by atomic mass is 16.6. The van der Waals surface area contributed by atoms with E-state index in [1.54, 1.807) is 20.8 Å². The quantitative estimate of drug-likeness (QED) is 0.763. The van der Waals surface area contributed by atoms with E-state index in [2.05, 4.69) is 0 Å². The largest absolute Gasteiger partial charge is 0.444 e. The second kappa shape index (κ2) is 5.14. The Kier molecular flexibility index (Phi) is 4.78. The molecule has 0 aliphatic rings. The molecule has 0 saturated heterocycles. The van der Waals surface area contributed by atoms with Gasteiger partial charge in [0.25, 0.3) is 0 Å². The zero-order valence-corrected chi connectivity index (χ0v) is 10.2. The number of ether oxygens (including phenoxy) is 1. The number of rotatable bonds is 5. The number of ketones is 1. The summed E-state index contributed by atoms with van der Waals surface area (Å²) in [5.74, 6) is 0.253. The molecule has 88 valence electrons. The zero-order valence-electron chi connectivity index (χ0n) is 10.2. The van der Waals surface area contributed by atoms with E-state index in [4.69, 9.17) is 10.5 Å². The third kappa shape index (κ3) is 5.40. The van der Waals surface area contributed by atoms with Crippen LogP contribution < -0.4 is 5.73 Å². The Morgan fingerprint density at radius 3 is 2.07 bits per heavy atom. The first kappa shape index (κ1) is 13.9. The number of hydrogen-bond acceptors (Lipinski definition) is 3.